The van der Waals surface area contributed by atoms with E-state index in [2.05, 4.69) is 46.9 Å². The summed E-state index contributed by atoms with van der Waals surface area (Å²) in [4.78, 5) is 4.45. The lowest BCUT2D eigenvalue weighted by atomic mass is 10.1. The Morgan fingerprint density at radius 3 is 3.05 bits per heavy atom. The fraction of sp³-hybridized carbons (Fsp3) is 0.471. The largest absolute Gasteiger partial charge is 0.488 e. The summed E-state index contributed by atoms with van der Waals surface area (Å²) in [7, 11) is 0. The molecule has 0 saturated carbocycles. The number of aryl methyl sites for hydroxylation is 1. The zero-order chi connectivity index (χ0) is 14.7. The number of benzene rings is 1. The quantitative estimate of drug-likeness (QED) is 0.829. The van der Waals surface area contributed by atoms with Crippen molar-refractivity contribution >= 4 is 0 Å². The van der Waals surface area contributed by atoms with E-state index in [-0.39, 0.29) is 6.10 Å². The number of hydrogen-bond acceptors (Lipinski definition) is 3. The van der Waals surface area contributed by atoms with Gasteiger partial charge < -0.3 is 14.6 Å². The zero-order valence-electron chi connectivity index (χ0n) is 12.8. The number of nitrogens with zero attached hydrogens (tertiary/aromatic N) is 2. The first kappa shape index (κ1) is 14.1. The number of aromatic nitrogens is 2. The van der Waals surface area contributed by atoms with Gasteiger partial charge in [-0.15, -0.1) is 0 Å². The minimum absolute atomic E-state index is 0.209. The first-order chi connectivity index (χ1) is 10.3. The lowest BCUT2D eigenvalue weighted by Gasteiger charge is -2.16. The molecule has 4 heteroatoms. The summed E-state index contributed by atoms with van der Waals surface area (Å²) in [6.07, 6.45) is 4.31. The first-order valence-electron chi connectivity index (χ1n) is 7.74. The maximum Gasteiger partial charge on any atom is 0.123 e. The summed E-state index contributed by atoms with van der Waals surface area (Å²) in [5.41, 5.74) is 2.55. The minimum atomic E-state index is 0.209. The molecule has 2 aromatic rings. The van der Waals surface area contributed by atoms with Gasteiger partial charge in [0.15, 0.2) is 0 Å². The van der Waals surface area contributed by atoms with E-state index in [1.807, 2.05) is 12.3 Å². The fourth-order valence-corrected chi connectivity index (χ4v) is 2.86. The second kappa shape index (κ2) is 6.31. The molecule has 1 unspecified atom stereocenters. The number of imidazole rings is 1. The van der Waals surface area contributed by atoms with Gasteiger partial charge in [-0.05, 0) is 31.5 Å². The van der Waals surface area contributed by atoms with Gasteiger partial charge in [0.05, 0.1) is 12.2 Å². The Morgan fingerprint density at radius 1 is 1.38 bits per heavy atom. The van der Waals surface area contributed by atoms with Crippen molar-refractivity contribution in [2.24, 2.45) is 0 Å². The molecular formula is C17H23N3O. The average Bonchev–Trinajstić information content (AvgIpc) is 3.05. The lowest BCUT2D eigenvalue weighted by Crippen LogP contribution is -2.24. The molecule has 1 aromatic heterocycles. The van der Waals surface area contributed by atoms with Gasteiger partial charge in [-0.1, -0.05) is 25.1 Å². The number of nitrogens with one attached hydrogen (secondary N) is 1. The van der Waals surface area contributed by atoms with Gasteiger partial charge in [-0.25, -0.2) is 4.98 Å². The van der Waals surface area contributed by atoms with Crippen molar-refractivity contribution in [3.8, 4) is 5.75 Å². The molecule has 1 aromatic carbocycles. The molecule has 21 heavy (non-hydrogen) atoms. The molecule has 0 bridgehead atoms. The molecule has 0 saturated heterocycles. The smallest absolute Gasteiger partial charge is 0.123 e. The predicted octanol–water partition coefficient (Wildman–Crippen LogP) is 2.69. The summed E-state index contributed by atoms with van der Waals surface area (Å²) in [5, 5.41) is 3.45. The average molecular weight is 285 g/mol. The molecule has 1 atom stereocenters. The summed E-state index contributed by atoms with van der Waals surface area (Å²) in [6, 6.07) is 8.32. The number of ether oxygens (including phenoxy) is 1. The van der Waals surface area contributed by atoms with Crippen LogP contribution in [0.4, 0.5) is 0 Å². The van der Waals surface area contributed by atoms with Crippen LogP contribution in [-0.4, -0.2) is 22.2 Å². The fourth-order valence-electron chi connectivity index (χ4n) is 2.86. The number of para-hydroxylation sites is 1. The Hall–Kier alpha value is -1.81. The standard InChI is InChI=1S/C17H23N3O/c1-3-8-18-10-15-11-19-13(2)20(15)12-16-9-14-6-4-5-7-17(14)21-16/h4-7,11,16,18H,3,8-10,12H2,1-2H3. The molecule has 0 radical (unpaired) electrons. The number of fused-ring (bicyclic) bond motifs is 1. The van der Waals surface area contributed by atoms with Crippen LogP contribution in [0.25, 0.3) is 0 Å². The van der Waals surface area contributed by atoms with Crippen molar-refractivity contribution in [3.05, 3.63) is 47.5 Å². The van der Waals surface area contributed by atoms with E-state index in [9.17, 15) is 0 Å². The highest BCUT2D eigenvalue weighted by Crippen LogP contribution is 2.29. The van der Waals surface area contributed by atoms with Crippen LogP contribution in [0, 0.1) is 6.92 Å². The van der Waals surface area contributed by atoms with Crippen LogP contribution in [0.3, 0.4) is 0 Å². The maximum atomic E-state index is 6.05. The highest BCUT2D eigenvalue weighted by molar-refractivity contribution is 5.37. The van der Waals surface area contributed by atoms with E-state index in [4.69, 9.17) is 4.74 Å². The van der Waals surface area contributed by atoms with Gasteiger partial charge in [0.2, 0.25) is 0 Å². The van der Waals surface area contributed by atoms with Crippen molar-refractivity contribution < 1.29 is 4.74 Å². The molecule has 2 heterocycles. The molecule has 0 amide bonds. The second-order valence-electron chi connectivity index (χ2n) is 5.64. The van der Waals surface area contributed by atoms with Crippen LogP contribution in [0.2, 0.25) is 0 Å². The van der Waals surface area contributed by atoms with E-state index in [0.717, 1.165) is 44.0 Å². The topological polar surface area (TPSA) is 39.1 Å². The molecule has 3 rings (SSSR count). The van der Waals surface area contributed by atoms with Gasteiger partial charge in [0.1, 0.15) is 17.7 Å². The van der Waals surface area contributed by atoms with Crippen LogP contribution in [0.15, 0.2) is 30.5 Å². The Bertz CT molecular complexity index is 581. The summed E-state index contributed by atoms with van der Waals surface area (Å²) >= 11 is 0. The lowest BCUT2D eigenvalue weighted by molar-refractivity contribution is 0.206. The maximum absolute atomic E-state index is 6.05. The third kappa shape index (κ3) is 3.10. The van der Waals surface area contributed by atoms with Crippen LogP contribution >= 0.6 is 0 Å². The molecule has 112 valence electrons. The number of hydrogen-bond donors (Lipinski definition) is 1. The molecule has 0 spiro atoms. The van der Waals surface area contributed by atoms with E-state index < -0.39 is 0 Å². The van der Waals surface area contributed by atoms with E-state index in [1.54, 1.807) is 0 Å². The second-order valence-corrected chi connectivity index (χ2v) is 5.64. The number of rotatable bonds is 6. The van der Waals surface area contributed by atoms with E-state index in [1.165, 1.54) is 11.3 Å². The SMILES string of the molecule is CCCNCc1cnc(C)n1CC1Cc2ccccc2O1. The van der Waals surface area contributed by atoms with Gasteiger partial charge >= 0.3 is 0 Å². The third-order valence-electron chi connectivity index (χ3n) is 3.97. The van der Waals surface area contributed by atoms with Crippen LogP contribution in [0.5, 0.6) is 5.75 Å². The highest BCUT2D eigenvalue weighted by Gasteiger charge is 2.23. The van der Waals surface area contributed by atoms with Crippen molar-refractivity contribution in [1.29, 1.82) is 0 Å². The van der Waals surface area contributed by atoms with Crippen LogP contribution < -0.4 is 10.1 Å². The summed E-state index contributed by atoms with van der Waals surface area (Å²) in [6.45, 7) is 7.01. The Balaban J connectivity index is 1.67. The molecule has 1 N–H and O–H groups in total. The van der Waals surface area contributed by atoms with E-state index in [0.29, 0.717) is 0 Å². The van der Waals surface area contributed by atoms with Gasteiger partial charge in [0.25, 0.3) is 0 Å². The molecule has 1 aliphatic rings. The predicted molar refractivity (Wildman–Crippen MR) is 83.5 cm³/mol. The van der Waals surface area contributed by atoms with Gasteiger partial charge in [0, 0.05) is 19.2 Å². The first-order valence-corrected chi connectivity index (χ1v) is 7.74. The van der Waals surface area contributed by atoms with Gasteiger partial charge in [-0.3, -0.25) is 0 Å². The molecule has 0 aliphatic carbocycles. The minimum Gasteiger partial charge on any atom is -0.488 e. The van der Waals surface area contributed by atoms with Crippen molar-refractivity contribution in [2.75, 3.05) is 6.54 Å². The van der Waals surface area contributed by atoms with Crippen LogP contribution in [0.1, 0.15) is 30.4 Å². The Morgan fingerprint density at radius 2 is 2.24 bits per heavy atom. The van der Waals surface area contributed by atoms with E-state index >= 15 is 0 Å². The van der Waals surface area contributed by atoms with Crippen molar-refractivity contribution in [3.63, 3.8) is 0 Å². The summed E-state index contributed by atoms with van der Waals surface area (Å²) in [5.74, 6) is 2.09. The highest BCUT2D eigenvalue weighted by atomic mass is 16.5. The van der Waals surface area contributed by atoms with Crippen LogP contribution in [-0.2, 0) is 19.5 Å². The summed E-state index contributed by atoms with van der Waals surface area (Å²) < 4.78 is 8.32. The third-order valence-corrected chi connectivity index (χ3v) is 3.97. The Kier molecular flexibility index (Phi) is 4.25. The molecule has 0 fully saturated rings. The van der Waals surface area contributed by atoms with Gasteiger partial charge in [-0.2, -0.15) is 0 Å². The van der Waals surface area contributed by atoms with Crippen molar-refractivity contribution in [1.82, 2.24) is 14.9 Å². The zero-order valence-corrected chi connectivity index (χ0v) is 12.8. The monoisotopic (exact) mass is 285 g/mol. The molecule has 1 aliphatic heterocycles. The van der Waals surface area contributed by atoms with Crippen molar-refractivity contribution in [2.45, 2.75) is 45.9 Å². The Labute approximate surface area is 126 Å². The normalized spacial score (nSPS) is 16.8. The molecule has 4 nitrogen and oxygen atoms in total. The molecular weight excluding hydrogens is 262 g/mol.